The van der Waals surface area contributed by atoms with Crippen LogP contribution in [0.4, 0.5) is 10.5 Å². The summed E-state index contributed by atoms with van der Waals surface area (Å²) in [4.78, 5) is 38.2. The van der Waals surface area contributed by atoms with E-state index in [9.17, 15) is 14.4 Å². The minimum atomic E-state index is -0.728. The van der Waals surface area contributed by atoms with E-state index in [-0.39, 0.29) is 11.5 Å². The fourth-order valence-electron chi connectivity index (χ4n) is 4.13. The van der Waals surface area contributed by atoms with E-state index in [1.807, 2.05) is 24.3 Å². The van der Waals surface area contributed by atoms with E-state index >= 15 is 0 Å². The Morgan fingerprint density at radius 2 is 1.62 bits per heavy atom. The third-order valence-corrected chi connectivity index (χ3v) is 5.63. The van der Waals surface area contributed by atoms with Crippen molar-refractivity contribution in [3.8, 4) is 0 Å². The zero-order chi connectivity index (χ0) is 23.3. The van der Waals surface area contributed by atoms with Crippen LogP contribution in [0.5, 0.6) is 0 Å². The highest BCUT2D eigenvalue weighted by Gasteiger charge is 2.32. The molecule has 1 aliphatic rings. The molecule has 0 aromatic heterocycles. The van der Waals surface area contributed by atoms with Gasteiger partial charge in [-0.15, -0.1) is 0 Å². The second kappa shape index (κ2) is 10.0. The topological polar surface area (TPSA) is 93.7 Å². The molecule has 7 heteroatoms. The second-order valence-electron chi connectivity index (χ2n) is 9.24. The van der Waals surface area contributed by atoms with Crippen molar-refractivity contribution < 1.29 is 23.9 Å². The van der Waals surface area contributed by atoms with Crippen LogP contribution in [0.3, 0.4) is 0 Å². The predicted octanol–water partition coefficient (Wildman–Crippen LogP) is 5.04. The molecule has 32 heavy (non-hydrogen) atoms. The van der Waals surface area contributed by atoms with Gasteiger partial charge in [0.15, 0.2) is 0 Å². The Morgan fingerprint density at radius 1 is 1.00 bits per heavy atom. The normalized spacial score (nSPS) is 15.6. The zero-order valence-corrected chi connectivity index (χ0v) is 19.2. The minimum Gasteiger partial charge on any atom is -0.467 e. The summed E-state index contributed by atoms with van der Waals surface area (Å²) in [5.41, 5.74) is -0.0951. The molecule has 0 radical (unpaired) electrons. The number of fused-ring (bicyclic) bond motifs is 1. The molecule has 0 heterocycles. The molecule has 7 nitrogen and oxygen atoms in total. The highest BCUT2D eigenvalue weighted by molar-refractivity contribution is 6.07. The molecule has 0 unspecified atom stereocenters. The number of hydrogen-bond donors (Lipinski definition) is 2. The summed E-state index contributed by atoms with van der Waals surface area (Å²) >= 11 is 0. The number of hydrogen-bond acceptors (Lipinski definition) is 5. The van der Waals surface area contributed by atoms with Crippen molar-refractivity contribution in [1.29, 1.82) is 0 Å². The third-order valence-electron chi connectivity index (χ3n) is 5.63. The molecule has 2 aromatic rings. The van der Waals surface area contributed by atoms with Gasteiger partial charge >= 0.3 is 12.1 Å². The summed E-state index contributed by atoms with van der Waals surface area (Å²) in [5.74, 6) is -0.863. The van der Waals surface area contributed by atoms with Gasteiger partial charge in [0.25, 0.3) is 5.91 Å². The van der Waals surface area contributed by atoms with E-state index < -0.39 is 29.6 Å². The van der Waals surface area contributed by atoms with Gasteiger partial charge in [0.05, 0.1) is 18.4 Å². The van der Waals surface area contributed by atoms with Gasteiger partial charge in [-0.3, -0.25) is 10.1 Å². The fourth-order valence-corrected chi connectivity index (χ4v) is 4.13. The number of carbonyl (C=O) groups excluding carboxylic acids is 3. The Hall–Kier alpha value is -3.09. The monoisotopic (exact) mass is 440 g/mol. The van der Waals surface area contributed by atoms with Crippen LogP contribution >= 0.6 is 0 Å². The molecule has 0 saturated heterocycles. The third kappa shape index (κ3) is 5.99. The van der Waals surface area contributed by atoms with E-state index in [0.717, 1.165) is 42.9 Å². The Labute approximate surface area is 188 Å². The van der Waals surface area contributed by atoms with Crippen molar-refractivity contribution in [3.63, 3.8) is 0 Å². The van der Waals surface area contributed by atoms with Crippen molar-refractivity contribution >= 4 is 34.4 Å². The van der Waals surface area contributed by atoms with Gasteiger partial charge < -0.3 is 14.8 Å². The number of benzene rings is 2. The number of nitrogens with one attached hydrogen (secondary N) is 2. The molecule has 3 rings (SSSR count). The fraction of sp³-hybridized carbons (Fsp3) is 0.480. The first-order valence-electron chi connectivity index (χ1n) is 11.1. The van der Waals surface area contributed by atoms with Gasteiger partial charge in [0, 0.05) is 0 Å². The number of anilines is 1. The summed E-state index contributed by atoms with van der Waals surface area (Å²) in [6.45, 7) is 5.31. The number of rotatable bonds is 5. The Morgan fingerprint density at radius 3 is 2.22 bits per heavy atom. The number of carbonyl (C=O) groups is 3. The second-order valence-corrected chi connectivity index (χ2v) is 9.24. The molecular weight excluding hydrogens is 408 g/mol. The lowest BCUT2D eigenvalue weighted by atomic mass is 9.83. The lowest BCUT2D eigenvalue weighted by molar-refractivity contribution is -0.144. The summed E-state index contributed by atoms with van der Waals surface area (Å²) in [7, 11) is 1.33. The lowest BCUT2D eigenvalue weighted by Crippen LogP contribution is -2.47. The molecule has 1 atom stereocenters. The quantitative estimate of drug-likeness (QED) is 0.636. The average Bonchev–Trinajstić information content (AvgIpc) is 2.75. The van der Waals surface area contributed by atoms with E-state index in [0.29, 0.717) is 5.69 Å². The number of ether oxygens (including phenoxy) is 2. The maximum Gasteiger partial charge on any atom is 0.412 e. The predicted molar refractivity (Wildman–Crippen MR) is 124 cm³/mol. The SMILES string of the molecule is COC(=O)[C@@H](NC(=O)c1cc2ccccc2cc1NC(=O)OC(C)(C)C)C1CCCCC1. The van der Waals surface area contributed by atoms with Crippen molar-refractivity contribution in [2.24, 2.45) is 5.92 Å². The molecule has 2 aromatic carbocycles. The summed E-state index contributed by atoms with van der Waals surface area (Å²) in [6.07, 6.45) is 4.25. The number of esters is 1. The first kappa shape index (κ1) is 23.6. The maximum absolute atomic E-state index is 13.3. The van der Waals surface area contributed by atoms with Crippen molar-refractivity contribution in [2.45, 2.75) is 64.5 Å². The highest BCUT2D eigenvalue weighted by Crippen LogP contribution is 2.29. The molecule has 1 fully saturated rings. The van der Waals surface area contributed by atoms with Crippen LogP contribution in [0.15, 0.2) is 36.4 Å². The van der Waals surface area contributed by atoms with Crippen LogP contribution in [0.25, 0.3) is 10.8 Å². The zero-order valence-electron chi connectivity index (χ0n) is 19.2. The highest BCUT2D eigenvalue weighted by atomic mass is 16.6. The van der Waals surface area contributed by atoms with E-state index in [1.54, 1.807) is 32.9 Å². The maximum atomic E-state index is 13.3. The summed E-state index contributed by atoms with van der Waals surface area (Å²) in [5, 5.41) is 7.29. The van der Waals surface area contributed by atoms with Crippen LogP contribution in [0.2, 0.25) is 0 Å². The molecular formula is C25H32N2O5. The number of amides is 2. The molecule has 2 N–H and O–H groups in total. The van der Waals surface area contributed by atoms with Crippen LogP contribution in [0.1, 0.15) is 63.2 Å². The van der Waals surface area contributed by atoms with E-state index in [1.165, 1.54) is 7.11 Å². The van der Waals surface area contributed by atoms with Crippen molar-refractivity contribution in [2.75, 3.05) is 12.4 Å². The average molecular weight is 441 g/mol. The van der Waals surface area contributed by atoms with Crippen LogP contribution in [-0.4, -0.2) is 36.7 Å². The minimum absolute atomic E-state index is 0.0304. The number of methoxy groups -OCH3 is 1. The van der Waals surface area contributed by atoms with Crippen LogP contribution in [0, 0.1) is 5.92 Å². The van der Waals surface area contributed by atoms with Crippen LogP contribution in [-0.2, 0) is 14.3 Å². The van der Waals surface area contributed by atoms with Crippen LogP contribution < -0.4 is 10.6 Å². The Kier molecular flexibility index (Phi) is 7.38. The molecule has 172 valence electrons. The standard InChI is InChI=1S/C25H32N2O5/c1-25(2,3)32-24(30)26-20-15-18-13-9-8-12-17(18)14-19(20)22(28)27-21(23(29)31-4)16-10-6-5-7-11-16/h8-9,12-16,21H,5-7,10-11H2,1-4H3,(H,26,30)(H,27,28)/t21-/m0/s1. The Balaban J connectivity index is 1.92. The van der Waals surface area contributed by atoms with Gasteiger partial charge in [0.1, 0.15) is 11.6 Å². The molecule has 0 spiro atoms. The van der Waals surface area contributed by atoms with E-state index in [2.05, 4.69) is 10.6 Å². The Bertz CT molecular complexity index is 989. The first-order chi connectivity index (χ1) is 15.2. The van der Waals surface area contributed by atoms with Gasteiger partial charge in [0.2, 0.25) is 0 Å². The molecule has 1 aliphatic carbocycles. The molecule has 2 amide bonds. The van der Waals surface area contributed by atoms with Gasteiger partial charge in [-0.25, -0.2) is 9.59 Å². The first-order valence-corrected chi connectivity index (χ1v) is 11.1. The van der Waals surface area contributed by atoms with Gasteiger partial charge in [-0.2, -0.15) is 0 Å². The van der Waals surface area contributed by atoms with Gasteiger partial charge in [-0.1, -0.05) is 43.5 Å². The van der Waals surface area contributed by atoms with Gasteiger partial charge in [-0.05, 0) is 62.4 Å². The lowest BCUT2D eigenvalue weighted by Gasteiger charge is -2.29. The summed E-state index contributed by atoms with van der Waals surface area (Å²) < 4.78 is 10.3. The molecule has 1 saturated carbocycles. The molecule has 0 bridgehead atoms. The van der Waals surface area contributed by atoms with E-state index in [4.69, 9.17) is 9.47 Å². The largest absolute Gasteiger partial charge is 0.467 e. The van der Waals surface area contributed by atoms with Crippen molar-refractivity contribution in [1.82, 2.24) is 5.32 Å². The summed E-state index contributed by atoms with van der Waals surface area (Å²) in [6, 6.07) is 10.3. The van der Waals surface area contributed by atoms with Crippen molar-refractivity contribution in [3.05, 3.63) is 42.0 Å². The smallest absolute Gasteiger partial charge is 0.412 e. The molecule has 0 aliphatic heterocycles.